The summed E-state index contributed by atoms with van der Waals surface area (Å²) in [4.78, 5) is 12.2. The van der Waals surface area contributed by atoms with E-state index in [1.165, 1.54) is 30.0 Å². The van der Waals surface area contributed by atoms with Crippen molar-refractivity contribution in [2.75, 3.05) is 20.8 Å². The molecule has 0 fully saturated rings. The molecule has 0 aliphatic heterocycles. The molecule has 0 unspecified atom stereocenters. The first-order valence-corrected chi connectivity index (χ1v) is 10.3. The Morgan fingerprint density at radius 1 is 0.966 bits per heavy atom. The number of aromatic nitrogens is 2. The summed E-state index contributed by atoms with van der Waals surface area (Å²) in [7, 11) is -0.684. The van der Waals surface area contributed by atoms with Crippen LogP contribution in [0.1, 0.15) is 0 Å². The maximum absolute atomic E-state index is 12.4. The van der Waals surface area contributed by atoms with Crippen molar-refractivity contribution in [3.8, 4) is 22.8 Å². The van der Waals surface area contributed by atoms with Crippen molar-refractivity contribution in [1.82, 2.24) is 14.5 Å². The minimum atomic E-state index is -3.73. The molecule has 0 aliphatic carbocycles. The lowest BCUT2D eigenvalue weighted by atomic mass is 10.1. The Balaban J connectivity index is 1.72. The van der Waals surface area contributed by atoms with Gasteiger partial charge in [-0.1, -0.05) is 6.07 Å². The largest absolute Gasteiger partial charge is 0.497 e. The van der Waals surface area contributed by atoms with Gasteiger partial charge in [-0.3, -0.25) is 4.79 Å². The van der Waals surface area contributed by atoms with Gasteiger partial charge in [-0.05, 0) is 42.5 Å². The average molecular weight is 415 g/mol. The van der Waals surface area contributed by atoms with E-state index in [9.17, 15) is 13.2 Å². The van der Waals surface area contributed by atoms with Gasteiger partial charge in [0.05, 0.1) is 31.4 Å². The lowest BCUT2D eigenvalue weighted by molar-refractivity contribution is 0.413. The number of hydrogen-bond donors (Lipinski definition) is 1. The van der Waals surface area contributed by atoms with Gasteiger partial charge in [-0.25, -0.2) is 17.8 Å². The smallest absolute Gasteiger partial charge is 0.266 e. The molecule has 29 heavy (non-hydrogen) atoms. The van der Waals surface area contributed by atoms with Gasteiger partial charge in [-0.15, -0.1) is 0 Å². The summed E-state index contributed by atoms with van der Waals surface area (Å²) in [5.41, 5.74) is 1.10. The second kappa shape index (κ2) is 8.89. The van der Waals surface area contributed by atoms with Crippen LogP contribution in [0, 0.1) is 0 Å². The van der Waals surface area contributed by atoms with E-state index in [-0.39, 0.29) is 23.5 Å². The van der Waals surface area contributed by atoms with Gasteiger partial charge in [0, 0.05) is 24.2 Å². The molecular weight excluding hydrogens is 394 g/mol. The van der Waals surface area contributed by atoms with Gasteiger partial charge < -0.3 is 9.47 Å². The minimum absolute atomic E-state index is 0.0124. The van der Waals surface area contributed by atoms with E-state index in [0.29, 0.717) is 17.2 Å². The molecule has 0 radical (unpaired) electrons. The fourth-order valence-electron chi connectivity index (χ4n) is 2.66. The minimum Gasteiger partial charge on any atom is -0.497 e. The fraction of sp³-hybridized carbons (Fsp3) is 0.200. The first kappa shape index (κ1) is 20.6. The van der Waals surface area contributed by atoms with Crippen LogP contribution in [0.5, 0.6) is 11.5 Å². The van der Waals surface area contributed by atoms with Crippen LogP contribution in [-0.4, -0.2) is 39.0 Å². The molecule has 0 saturated heterocycles. The number of rotatable bonds is 8. The zero-order valence-electron chi connectivity index (χ0n) is 16.0. The van der Waals surface area contributed by atoms with Crippen molar-refractivity contribution >= 4 is 10.0 Å². The molecule has 1 N–H and O–H groups in total. The summed E-state index contributed by atoms with van der Waals surface area (Å²) in [6.45, 7) is 0.102. The third kappa shape index (κ3) is 5.01. The standard InChI is InChI=1S/C20H21N3O5S/c1-27-16-8-6-15(7-9-16)19-10-11-20(24)23(22-19)13-12-21-29(25,26)18-5-3-4-17(14-18)28-2/h3-11,14,21H,12-13H2,1-2H3. The maximum atomic E-state index is 12.4. The molecule has 0 aliphatic rings. The Kier molecular flexibility index (Phi) is 6.30. The van der Waals surface area contributed by atoms with Gasteiger partial charge in [-0.2, -0.15) is 5.10 Å². The number of nitrogens with zero attached hydrogens (tertiary/aromatic N) is 2. The Bertz CT molecular complexity index is 1140. The number of ether oxygens (including phenoxy) is 2. The molecule has 0 saturated carbocycles. The molecule has 1 aromatic heterocycles. The van der Waals surface area contributed by atoms with E-state index < -0.39 is 10.0 Å². The molecule has 0 amide bonds. The number of sulfonamides is 1. The summed E-state index contributed by atoms with van der Waals surface area (Å²) in [5.74, 6) is 1.16. The Labute approximate surface area is 168 Å². The van der Waals surface area contributed by atoms with Crippen LogP contribution < -0.4 is 19.8 Å². The third-order valence-electron chi connectivity index (χ3n) is 4.22. The van der Waals surface area contributed by atoms with Crippen LogP contribution in [0.15, 0.2) is 70.4 Å². The highest BCUT2D eigenvalue weighted by Crippen LogP contribution is 2.19. The van der Waals surface area contributed by atoms with Gasteiger partial charge in [0.2, 0.25) is 10.0 Å². The predicted molar refractivity (Wildman–Crippen MR) is 109 cm³/mol. The van der Waals surface area contributed by atoms with Crippen LogP contribution in [0.25, 0.3) is 11.3 Å². The van der Waals surface area contributed by atoms with Crippen LogP contribution in [0.4, 0.5) is 0 Å². The first-order valence-electron chi connectivity index (χ1n) is 8.79. The highest BCUT2D eigenvalue weighted by Gasteiger charge is 2.14. The van der Waals surface area contributed by atoms with Crippen molar-refractivity contribution < 1.29 is 17.9 Å². The number of hydrogen-bond acceptors (Lipinski definition) is 6. The quantitative estimate of drug-likeness (QED) is 0.603. The van der Waals surface area contributed by atoms with Crippen molar-refractivity contribution in [3.05, 3.63) is 71.0 Å². The van der Waals surface area contributed by atoms with Crippen molar-refractivity contribution in [2.24, 2.45) is 0 Å². The fourth-order valence-corrected chi connectivity index (χ4v) is 3.72. The third-order valence-corrected chi connectivity index (χ3v) is 5.68. The number of benzene rings is 2. The summed E-state index contributed by atoms with van der Waals surface area (Å²) < 4.78 is 38.8. The topological polar surface area (TPSA) is 99.5 Å². The SMILES string of the molecule is COc1ccc(-c2ccc(=O)n(CCNS(=O)(=O)c3cccc(OC)c3)n2)cc1. The Morgan fingerprint density at radius 3 is 2.38 bits per heavy atom. The predicted octanol–water partition coefficient (Wildman–Crippen LogP) is 1.91. The lowest BCUT2D eigenvalue weighted by Crippen LogP contribution is -2.32. The van der Waals surface area contributed by atoms with Crippen molar-refractivity contribution in [1.29, 1.82) is 0 Å². The normalized spacial score (nSPS) is 11.2. The second-order valence-electron chi connectivity index (χ2n) is 6.09. The highest BCUT2D eigenvalue weighted by atomic mass is 32.2. The zero-order valence-corrected chi connectivity index (χ0v) is 16.8. The van der Waals surface area contributed by atoms with Gasteiger partial charge in [0.25, 0.3) is 5.56 Å². The molecule has 152 valence electrons. The van der Waals surface area contributed by atoms with E-state index in [0.717, 1.165) is 5.56 Å². The van der Waals surface area contributed by atoms with E-state index in [2.05, 4.69) is 9.82 Å². The lowest BCUT2D eigenvalue weighted by Gasteiger charge is -2.10. The monoisotopic (exact) mass is 415 g/mol. The summed E-state index contributed by atoms with van der Waals surface area (Å²) >= 11 is 0. The first-order chi connectivity index (χ1) is 13.9. The van der Waals surface area contributed by atoms with Crippen LogP contribution in [0.2, 0.25) is 0 Å². The van der Waals surface area contributed by atoms with Gasteiger partial charge >= 0.3 is 0 Å². The average Bonchev–Trinajstić information content (AvgIpc) is 2.75. The molecule has 3 aromatic rings. The van der Waals surface area contributed by atoms with Gasteiger partial charge in [0.1, 0.15) is 11.5 Å². The Morgan fingerprint density at radius 2 is 1.69 bits per heavy atom. The molecule has 0 spiro atoms. The summed E-state index contributed by atoms with van der Waals surface area (Å²) in [5, 5.41) is 4.33. The van der Waals surface area contributed by atoms with Crippen LogP contribution >= 0.6 is 0 Å². The van der Waals surface area contributed by atoms with E-state index >= 15 is 0 Å². The molecule has 0 atom stereocenters. The molecule has 1 heterocycles. The number of nitrogens with one attached hydrogen (secondary N) is 1. The molecule has 2 aromatic carbocycles. The maximum Gasteiger partial charge on any atom is 0.266 e. The molecule has 8 nitrogen and oxygen atoms in total. The molecule has 0 bridgehead atoms. The van der Waals surface area contributed by atoms with E-state index in [1.54, 1.807) is 37.4 Å². The van der Waals surface area contributed by atoms with Crippen LogP contribution in [-0.2, 0) is 16.6 Å². The van der Waals surface area contributed by atoms with E-state index in [1.807, 2.05) is 12.1 Å². The van der Waals surface area contributed by atoms with Crippen molar-refractivity contribution in [3.63, 3.8) is 0 Å². The zero-order chi connectivity index (χ0) is 20.9. The number of methoxy groups -OCH3 is 2. The summed E-state index contributed by atoms with van der Waals surface area (Å²) in [6.07, 6.45) is 0. The second-order valence-corrected chi connectivity index (χ2v) is 7.85. The molecular formula is C20H21N3O5S. The summed E-state index contributed by atoms with van der Waals surface area (Å²) in [6, 6.07) is 16.5. The van der Waals surface area contributed by atoms with E-state index in [4.69, 9.17) is 9.47 Å². The van der Waals surface area contributed by atoms with Gasteiger partial charge in [0.15, 0.2) is 0 Å². The van der Waals surface area contributed by atoms with Crippen molar-refractivity contribution in [2.45, 2.75) is 11.4 Å². The Hall–Kier alpha value is -3.17. The molecule has 3 rings (SSSR count). The van der Waals surface area contributed by atoms with Crippen LogP contribution in [0.3, 0.4) is 0 Å². The highest BCUT2D eigenvalue weighted by molar-refractivity contribution is 7.89. The molecule has 9 heteroatoms.